The predicted molar refractivity (Wildman–Crippen MR) is 317 cm³/mol. The number of hydrogen-bond acceptors (Lipinski definition) is 18. The molecule has 0 aliphatic carbocycles. The second kappa shape index (κ2) is 28.9. The van der Waals surface area contributed by atoms with E-state index in [1.807, 2.05) is 32.3 Å². The standard InChI is InChI=1S/C61H69N11O18/c1-5-61(87)41-29-43-53-36(31-71(43)58(84)40(41)34-89-59(61)85)28-38-39(44(18-17-42(38)66-53)90-60(86)64-30-52(80)81)33-72(2,3)32-35-13-15-37(16-14-35)65-45(73)10-6-23-62-56(82)54(67-46(74)11-7-25-69-48(76)19-20-49(69)77)55(57(83)63-24-9-27-88-4)68-47(75)12-8-26-70-50(78)21-22-51(70)79/h13-22,28-29,54-55,87H,5-12,23-27,30-34H2,1-4H3,(H6-,62,63,64,65,67,68,73,74,75,80,81,82,83,86)/p+1/t54-,55-,61-/m0/s1. The highest BCUT2D eigenvalue weighted by atomic mass is 16.6. The fourth-order valence-corrected chi connectivity index (χ4v) is 10.8. The predicted octanol–water partition coefficient (Wildman–Crippen LogP) is 0.397. The summed E-state index contributed by atoms with van der Waals surface area (Å²) in [6.07, 6.45) is 3.05. The van der Waals surface area contributed by atoms with Gasteiger partial charge in [-0.15, -0.1) is 0 Å². The number of esters is 1. The molecular formula is C61H70N11O18+. The van der Waals surface area contributed by atoms with Gasteiger partial charge in [0.05, 0.1) is 48.7 Å². The lowest BCUT2D eigenvalue weighted by Crippen LogP contribution is -2.63. The number of aliphatic hydroxyl groups is 1. The summed E-state index contributed by atoms with van der Waals surface area (Å²) in [6, 6.07) is 10.2. The van der Waals surface area contributed by atoms with Crippen LogP contribution in [0.25, 0.3) is 22.3 Å². The van der Waals surface area contributed by atoms with Gasteiger partial charge in [-0.25, -0.2) is 14.6 Å². The molecule has 0 fully saturated rings. The van der Waals surface area contributed by atoms with E-state index < -0.39 is 101 Å². The molecule has 0 saturated heterocycles. The first-order chi connectivity index (χ1) is 42.9. The van der Waals surface area contributed by atoms with Crippen molar-refractivity contribution in [1.29, 1.82) is 0 Å². The molecule has 6 heterocycles. The molecule has 2 aromatic carbocycles. The number of aromatic nitrogens is 2. The highest BCUT2D eigenvalue weighted by Crippen LogP contribution is 2.40. The summed E-state index contributed by atoms with van der Waals surface area (Å²) in [5, 5.41) is 36.5. The average Bonchev–Trinajstić information content (AvgIpc) is 1.48. The molecule has 8 rings (SSSR count). The summed E-state index contributed by atoms with van der Waals surface area (Å²) >= 11 is 0. The van der Waals surface area contributed by atoms with Gasteiger partial charge in [0, 0.05) is 111 Å². The molecule has 476 valence electrons. The molecule has 10 amide bonds. The molecule has 0 bridgehead atoms. The molecule has 4 aliphatic heterocycles. The van der Waals surface area contributed by atoms with Gasteiger partial charge in [-0.1, -0.05) is 19.1 Å². The van der Waals surface area contributed by atoms with E-state index in [2.05, 4.69) is 31.9 Å². The van der Waals surface area contributed by atoms with E-state index in [0.717, 1.165) is 39.7 Å². The fraction of sp³-hybridized carbons (Fsp3) is 0.410. The van der Waals surface area contributed by atoms with E-state index in [1.54, 1.807) is 31.2 Å². The lowest BCUT2D eigenvalue weighted by Gasteiger charge is -2.31. The number of imide groups is 2. The number of ether oxygens (including phenoxy) is 3. The van der Waals surface area contributed by atoms with Crippen LogP contribution in [-0.2, 0) is 94.1 Å². The minimum absolute atomic E-state index is 0.000963. The highest BCUT2D eigenvalue weighted by Gasteiger charge is 2.46. The van der Waals surface area contributed by atoms with Crippen molar-refractivity contribution in [2.45, 2.75) is 102 Å². The number of benzene rings is 2. The largest absolute Gasteiger partial charge is 0.480 e. The number of hydrogen-bond donors (Lipinski definition) is 8. The van der Waals surface area contributed by atoms with E-state index in [-0.39, 0.29) is 119 Å². The number of rotatable bonds is 30. The number of pyridine rings is 2. The average molecular weight is 1250 g/mol. The van der Waals surface area contributed by atoms with Crippen LogP contribution in [0, 0.1) is 0 Å². The van der Waals surface area contributed by atoms with Crippen LogP contribution in [0.2, 0.25) is 0 Å². The maximum Gasteiger partial charge on any atom is 0.413 e. The van der Waals surface area contributed by atoms with Gasteiger partial charge in [0.1, 0.15) is 44.1 Å². The Morgan fingerprint density at radius 1 is 0.733 bits per heavy atom. The first kappa shape index (κ1) is 66.0. The molecule has 90 heavy (non-hydrogen) atoms. The summed E-state index contributed by atoms with van der Waals surface area (Å²) in [5.74, 6) is -7.91. The number of carbonyl (C=O) groups is 12. The van der Waals surface area contributed by atoms with E-state index >= 15 is 0 Å². The number of anilines is 1. The molecule has 0 unspecified atom stereocenters. The number of nitrogens with one attached hydrogen (secondary N) is 6. The van der Waals surface area contributed by atoms with Gasteiger partial charge in [-0.3, -0.25) is 62.5 Å². The minimum atomic E-state index is -2.03. The third-order valence-electron chi connectivity index (χ3n) is 15.4. The first-order valence-corrected chi connectivity index (χ1v) is 29.1. The second-order valence-corrected chi connectivity index (χ2v) is 22.5. The third kappa shape index (κ3) is 15.8. The number of quaternary nitrogens is 1. The van der Waals surface area contributed by atoms with Crippen molar-refractivity contribution in [3.8, 4) is 17.1 Å². The van der Waals surface area contributed by atoms with Crippen LogP contribution < -0.4 is 42.2 Å². The van der Waals surface area contributed by atoms with Crippen molar-refractivity contribution in [1.82, 2.24) is 45.9 Å². The highest BCUT2D eigenvalue weighted by molar-refractivity contribution is 6.13. The summed E-state index contributed by atoms with van der Waals surface area (Å²) in [6.45, 7) is 1.28. The molecule has 4 aromatic rings. The van der Waals surface area contributed by atoms with E-state index in [1.165, 1.54) is 17.7 Å². The van der Waals surface area contributed by atoms with E-state index in [0.29, 0.717) is 52.1 Å². The minimum Gasteiger partial charge on any atom is -0.480 e. The third-order valence-corrected chi connectivity index (χ3v) is 15.4. The summed E-state index contributed by atoms with van der Waals surface area (Å²) in [7, 11) is 5.32. The Balaban J connectivity index is 0.915. The second-order valence-electron chi connectivity index (χ2n) is 22.5. The van der Waals surface area contributed by atoms with Crippen molar-refractivity contribution in [2.75, 3.05) is 65.9 Å². The Labute approximate surface area is 514 Å². The Hall–Kier alpha value is -10.0. The topological polar surface area (TPSA) is 387 Å². The molecule has 0 radical (unpaired) electrons. The summed E-state index contributed by atoms with van der Waals surface area (Å²) in [5.41, 5.74) is 1.60. The molecule has 2 aromatic heterocycles. The summed E-state index contributed by atoms with van der Waals surface area (Å²) < 4.78 is 17.7. The van der Waals surface area contributed by atoms with Gasteiger partial charge in [-0.05, 0) is 68.5 Å². The van der Waals surface area contributed by atoms with E-state index in [4.69, 9.17) is 19.2 Å². The number of amides is 10. The zero-order valence-corrected chi connectivity index (χ0v) is 50.0. The zero-order chi connectivity index (χ0) is 65.0. The van der Waals surface area contributed by atoms with Crippen LogP contribution in [0.5, 0.6) is 5.75 Å². The first-order valence-electron chi connectivity index (χ1n) is 29.1. The van der Waals surface area contributed by atoms with Crippen LogP contribution in [0.3, 0.4) is 0 Å². The van der Waals surface area contributed by atoms with Crippen LogP contribution in [0.15, 0.2) is 77.6 Å². The SMILES string of the molecule is CC[C@@]1(O)C(=O)OCc2c1cc1n(c2=O)Cc2cc3c(C[N+](C)(C)Cc4ccc(NC(=O)CCCNC(=O)[C@@H](NC(=O)CCCN5C(=O)C=CC5=O)[C@H](NC(=O)CCCN5C(=O)C=CC5=O)C(=O)NCCCOC)cc4)c(OC(=O)NCC(=O)O)ccc3nc2-1. The number of methoxy groups -OCH3 is 1. The molecule has 0 saturated carbocycles. The molecule has 4 aliphatic rings. The number of nitrogens with zero attached hydrogens (tertiary/aromatic N) is 5. The van der Waals surface area contributed by atoms with Gasteiger partial charge in [0.2, 0.25) is 29.5 Å². The lowest BCUT2D eigenvalue weighted by atomic mass is 9.86. The molecule has 29 nitrogen and oxygen atoms in total. The Kier molecular flexibility index (Phi) is 21.2. The monoisotopic (exact) mass is 1240 g/mol. The van der Waals surface area contributed by atoms with Gasteiger partial charge < -0.3 is 65.4 Å². The molecule has 29 heteroatoms. The number of carboxylic acids is 1. The van der Waals surface area contributed by atoms with Gasteiger partial charge in [-0.2, -0.15) is 0 Å². The molecular weight excluding hydrogens is 1170 g/mol. The molecule has 3 atom stereocenters. The Morgan fingerprint density at radius 2 is 1.31 bits per heavy atom. The molecule has 0 spiro atoms. The normalized spacial score (nSPS) is 16.3. The van der Waals surface area contributed by atoms with Gasteiger partial charge >= 0.3 is 18.0 Å². The number of fused-ring (bicyclic) bond motifs is 5. The maximum atomic E-state index is 14.1. The van der Waals surface area contributed by atoms with Crippen molar-refractivity contribution in [2.24, 2.45) is 0 Å². The van der Waals surface area contributed by atoms with Crippen LogP contribution in [0.4, 0.5) is 10.5 Å². The number of carbonyl (C=O) groups excluding carboxylic acids is 11. The zero-order valence-electron chi connectivity index (χ0n) is 50.0. The quantitative estimate of drug-likeness (QED) is 0.0133. The molecule has 8 N–H and O–H groups in total. The van der Waals surface area contributed by atoms with Crippen molar-refractivity contribution in [3.05, 3.63) is 111 Å². The van der Waals surface area contributed by atoms with E-state index in [9.17, 15) is 72.5 Å². The van der Waals surface area contributed by atoms with Crippen LogP contribution in [-0.4, -0.2) is 178 Å². The van der Waals surface area contributed by atoms with Gasteiger partial charge in [0.15, 0.2) is 5.60 Å². The smallest absolute Gasteiger partial charge is 0.413 e. The number of aliphatic carboxylic acids is 1. The lowest BCUT2D eigenvalue weighted by molar-refractivity contribution is -0.916. The van der Waals surface area contributed by atoms with Crippen molar-refractivity contribution < 1.29 is 86.4 Å². The van der Waals surface area contributed by atoms with Crippen molar-refractivity contribution in [3.63, 3.8) is 0 Å². The number of cyclic esters (lactones) is 1. The Morgan fingerprint density at radius 3 is 1.88 bits per heavy atom. The van der Waals surface area contributed by atoms with Crippen LogP contribution >= 0.6 is 0 Å². The fourth-order valence-electron chi connectivity index (χ4n) is 10.8. The summed E-state index contributed by atoms with van der Waals surface area (Å²) in [4.78, 5) is 174. The van der Waals surface area contributed by atoms with Gasteiger partial charge in [0.25, 0.3) is 29.2 Å². The Bertz CT molecular complexity index is 3650. The van der Waals surface area contributed by atoms with Crippen LogP contribution in [0.1, 0.15) is 86.1 Å². The number of carboxylic acid groups (broad SMARTS) is 1. The maximum absolute atomic E-state index is 14.1. The van der Waals surface area contributed by atoms with Crippen molar-refractivity contribution >= 4 is 87.8 Å².